The molecule has 3 heteroatoms. The Balaban J connectivity index is 2.40. The van der Waals surface area contributed by atoms with Crippen LogP contribution in [0.4, 0.5) is 5.69 Å². The Morgan fingerprint density at radius 2 is 1.67 bits per heavy atom. The molecule has 0 radical (unpaired) electrons. The van der Waals surface area contributed by atoms with E-state index >= 15 is 0 Å². The second-order valence-electron chi connectivity index (χ2n) is 4.51. The van der Waals surface area contributed by atoms with Gasteiger partial charge in [0.25, 0.3) is 0 Å². The van der Waals surface area contributed by atoms with E-state index in [1.165, 1.54) is 5.56 Å². The molecule has 0 fully saturated rings. The minimum atomic E-state index is 0.759. The number of benzene rings is 2. The highest BCUT2D eigenvalue weighted by molar-refractivity contribution is 9.10. The third-order valence-corrected chi connectivity index (χ3v) is 3.50. The van der Waals surface area contributed by atoms with E-state index in [2.05, 4.69) is 35.0 Å². The number of nitrogen functional groups attached to an aromatic ring is 1. The van der Waals surface area contributed by atoms with Crippen LogP contribution in [0.5, 0.6) is 11.5 Å². The molecule has 0 atom stereocenters. The van der Waals surface area contributed by atoms with E-state index in [9.17, 15) is 0 Å². The average Bonchev–Trinajstić information content (AvgIpc) is 2.30. The van der Waals surface area contributed by atoms with Gasteiger partial charge in [-0.3, -0.25) is 0 Å². The van der Waals surface area contributed by atoms with Crippen molar-refractivity contribution in [2.75, 3.05) is 5.73 Å². The molecule has 0 saturated heterocycles. The van der Waals surface area contributed by atoms with Gasteiger partial charge in [0.2, 0.25) is 0 Å². The summed E-state index contributed by atoms with van der Waals surface area (Å²) >= 11 is 3.48. The van der Waals surface area contributed by atoms with Crippen LogP contribution in [0.1, 0.15) is 16.7 Å². The lowest BCUT2D eigenvalue weighted by Crippen LogP contribution is -1.94. The fourth-order valence-corrected chi connectivity index (χ4v) is 2.13. The zero-order chi connectivity index (χ0) is 13.3. The number of anilines is 1. The van der Waals surface area contributed by atoms with Gasteiger partial charge in [-0.15, -0.1) is 0 Å². The molecule has 0 heterocycles. The van der Waals surface area contributed by atoms with Crippen LogP contribution in [0.25, 0.3) is 0 Å². The highest BCUT2D eigenvalue weighted by Crippen LogP contribution is 2.34. The second-order valence-corrected chi connectivity index (χ2v) is 5.36. The molecule has 0 spiro atoms. The lowest BCUT2D eigenvalue weighted by atomic mass is 10.1. The SMILES string of the molecule is Cc1ccc(C)c(Oc2cc(C)c(N)cc2Br)c1. The molecule has 94 valence electrons. The van der Waals surface area contributed by atoms with Gasteiger partial charge in [-0.2, -0.15) is 0 Å². The fraction of sp³-hybridized carbons (Fsp3) is 0.200. The van der Waals surface area contributed by atoms with Crippen LogP contribution in [0.15, 0.2) is 34.8 Å². The van der Waals surface area contributed by atoms with E-state index in [1.807, 2.05) is 32.0 Å². The van der Waals surface area contributed by atoms with E-state index in [0.29, 0.717) is 0 Å². The summed E-state index contributed by atoms with van der Waals surface area (Å²) in [5.41, 5.74) is 9.92. The van der Waals surface area contributed by atoms with E-state index in [4.69, 9.17) is 10.5 Å². The van der Waals surface area contributed by atoms with Crippen molar-refractivity contribution in [1.29, 1.82) is 0 Å². The molecule has 2 aromatic carbocycles. The number of aryl methyl sites for hydroxylation is 3. The summed E-state index contributed by atoms with van der Waals surface area (Å²) in [6.07, 6.45) is 0. The minimum Gasteiger partial charge on any atom is -0.456 e. The summed E-state index contributed by atoms with van der Waals surface area (Å²) < 4.78 is 6.82. The highest BCUT2D eigenvalue weighted by atomic mass is 79.9. The number of rotatable bonds is 2. The first kappa shape index (κ1) is 13.0. The van der Waals surface area contributed by atoms with Crippen molar-refractivity contribution >= 4 is 21.6 Å². The van der Waals surface area contributed by atoms with Gasteiger partial charge in [-0.25, -0.2) is 0 Å². The summed E-state index contributed by atoms with van der Waals surface area (Å²) in [5.74, 6) is 1.66. The highest BCUT2D eigenvalue weighted by Gasteiger charge is 2.08. The monoisotopic (exact) mass is 305 g/mol. The Morgan fingerprint density at radius 3 is 2.39 bits per heavy atom. The molecule has 0 unspecified atom stereocenters. The Hall–Kier alpha value is -1.48. The van der Waals surface area contributed by atoms with E-state index in [1.54, 1.807) is 0 Å². The fourth-order valence-electron chi connectivity index (χ4n) is 1.68. The van der Waals surface area contributed by atoms with Gasteiger partial charge in [-0.05, 0) is 71.6 Å². The summed E-state index contributed by atoms with van der Waals surface area (Å²) in [4.78, 5) is 0. The molecule has 18 heavy (non-hydrogen) atoms. The van der Waals surface area contributed by atoms with Gasteiger partial charge in [0.15, 0.2) is 0 Å². The summed E-state index contributed by atoms with van der Waals surface area (Å²) in [6, 6.07) is 9.98. The lowest BCUT2D eigenvalue weighted by Gasteiger charge is -2.12. The zero-order valence-electron chi connectivity index (χ0n) is 10.8. The maximum atomic E-state index is 5.95. The minimum absolute atomic E-state index is 0.759. The molecule has 2 N–H and O–H groups in total. The van der Waals surface area contributed by atoms with Crippen molar-refractivity contribution in [2.24, 2.45) is 0 Å². The Labute approximate surface area is 116 Å². The number of hydrogen-bond acceptors (Lipinski definition) is 2. The van der Waals surface area contributed by atoms with Gasteiger partial charge >= 0.3 is 0 Å². The van der Waals surface area contributed by atoms with Crippen LogP contribution in [-0.2, 0) is 0 Å². The predicted octanol–water partition coefficient (Wildman–Crippen LogP) is 4.75. The first-order valence-corrected chi connectivity index (χ1v) is 6.57. The van der Waals surface area contributed by atoms with Gasteiger partial charge in [0.05, 0.1) is 4.47 Å². The number of hydrogen-bond donors (Lipinski definition) is 1. The van der Waals surface area contributed by atoms with Crippen LogP contribution >= 0.6 is 15.9 Å². The quantitative estimate of drug-likeness (QED) is 0.813. The van der Waals surface area contributed by atoms with Crippen molar-refractivity contribution in [3.8, 4) is 11.5 Å². The molecular formula is C15H16BrNO. The third kappa shape index (κ3) is 2.67. The van der Waals surface area contributed by atoms with Crippen molar-refractivity contribution in [3.63, 3.8) is 0 Å². The maximum absolute atomic E-state index is 5.95. The summed E-state index contributed by atoms with van der Waals surface area (Å²) in [5, 5.41) is 0. The lowest BCUT2D eigenvalue weighted by molar-refractivity contribution is 0.475. The standard InChI is InChI=1S/C15H16BrNO/c1-9-4-5-10(2)14(6-9)18-15-7-11(3)13(17)8-12(15)16/h4-8H,17H2,1-3H3. The molecule has 0 aliphatic rings. The molecular weight excluding hydrogens is 290 g/mol. The second kappa shape index (κ2) is 5.02. The third-order valence-electron chi connectivity index (χ3n) is 2.88. The van der Waals surface area contributed by atoms with Gasteiger partial charge < -0.3 is 10.5 Å². The van der Waals surface area contributed by atoms with Crippen LogP contribution in [0.2, 0.25) is 0 Å². The van der Waals surface area contributed by atoms with Crippen LogP contribution < -0.4 is 10.5 Å². The topological polar surface area (TPSA) is 35.2 Å². The molecule has 2 nitrogen and oxygen atoms in total. The molecule has 2 rings (SSSR count). The van der Waals surface area contributed by atoms with E-state index in [-0.39, 0.29) is 0 Å². The number of ether oxygens (including phenoxy) is 1. The summed E-state index contributed by atoms with van der Waals surface area (Å²) in [7, 11) is 0. The molecule has 0 amide bonds. The number of halogens is 1. The Morgan fingerprint density at radius 1 is 0.944 bits per heavy atom. The number of nitrogens with two attached hydrogens (primary N) is 1. The van der Waals surface area contributed by atoms with Gasteiger partial charge in [0.1, 0.15) is 11.5 Å². The van der Waals surface area contributed by atoms with E-state index < -0.39 is 0 Å². The molecule has 0 bridgehead atoms. The predicted molar refractivity (Wildman–Crippen MR) is 79.3 cm³/mol. The van der Waals surface area contributed by atoms with Crippen molar-refractivity contribution < 1.29 is 4.74 Å². The zero-order valence-corrected chi connectivity index (χ0v) is 12.3. The van der Waals surface area contributed by atoms with Crippen molar-refractivity contribution in [1.82, 2.24) is 0 Å². The smallest absolute Gasteiger partial charge is 0.142 e. The molecule has 0 aliphatic heterocycles. The van der Waals surface area contributed by atoms with Crippen molar-refractivity contribution in [2.45, 2.75) is 20.8 Å². The van der Waals surface area contributed by atoms with Crippen LogP contribution in [0.3, 0.4) is 0 Å². The van der Waals surface area contributed by atoms with Crippen molar-refractivity contribution in [3.05, 3.63) is 51.5 Å². The first-order valence-electron chi connectivity index (χ1n) is 5.78. The van der Waals surface area contributed by atoms with Gasteiger partial charge in [0, 0.05) is 5.69 Å². The average molecular weight is 306 g/mol. The van der Waals surface area contributed by atoms with E-state index in [0.717, 1.165) is 32.8 Å². The Kier molecular flexibility index (Phi) is 3.62. The molecule has 0 aliphatic carbocycles. The van der Waals surface area contributed by atoms with Crippen LogP contribution in [0, 0.1) is 20.8 Å². The first-order chi connectivity index (χ1) is 8.47. The Bertz CT molecular complexity index is 593. The maximum Gasteiger partial charge on any atom is 0.142 e. The normalized spacial score (nSPS) is 10.4. The molecule has 0 saturated carbocycles. The van der Waals surface area contributed by atoms with Gasteiger partial charge in [-0.1, -0.05) is 12.1 Å². The summed E-state index contributed by atoms with van der Waals surface area (Å²) in [6.45, 7) is 6.06. The molecule has 2 aromatic rings. The largest absolute Gasteiger partial charge is 0.456 e. The molecule has 0 aromatic heterocycles. The van der Waals surface area contributed by atoms with Crippen LogP contribution in [-0.4, -0.2) is 0 Å².